The van der Waals surface area contributed by atoms with Crippen molar-refractivity contribution in [1.82, 2.24) is 24.4 Å². The number of hydrogen-bond acceptors (Lipinski definition) is 9. The molecule has 11 nitrogen and oxygen atoms in total. The van der Waals surface area contributed by atoms with Crippen LogP contribution in [0.25, 0.3) is 16.9 Å². The quantitative estimate of drug-likeness (QED) is 0.138. The summed E-state index contributed by atoms with van der Waals surface area (Å²) in [5.74, 6) is 1.59. The number of amides is 1. The SMILES string of the molecule is C=CC(=O)Nc1cccc(-n2cnc3c(N(Cc4ccccc4)Cc4ccccc4)nc(Nc4ccc(N5CCN(C)CC5)c(OC)c4)nc32)c1. The lowest BCUT2D eigenvalue weighted by Gasteiger charge is -2.34. The second kappa shape index (κ2) is 15.1. The highest BCUT2D eigenvalue weighted by Gasteiger charge is 2.22. The predicted octanol–water partition coefficient (Wildman–Crippen LogP) is 6.65. The van der Waals surface area contributed by atoms with E-state index < -0.39 is 0 Å². The first kappa shape index (κ1) is 33.3. The Labute approximate surface area is 297 Å². The number of anilines is 5. The van der Waals surface area contributed by atoms with Crippen LogP contribution >= 0.6 is 0 Å². The molecular formula is C40H41N9O2. The summed E-state index contributed by atoms with van der Waals surface area (Å²) in [6.07, 6.45) is 3.00. The standard InChI is InChI=1S/C40H41N9O2/c1-4-36(50)42-31-16-11-17-33(24-31)49-28-41-37-38(48(26-29-12-7-5-8-13-29)27-30-14-9-6-10-15-30)44-40(45-39(37)49)43-32-18-19-34(35(25-32)51-3)47-22-20-46(2)21-23-47/h4-19,24-25,28H,1,20-23,26-27H2,2-3H3,(H,42,50)(H,43,44,45). The minimum Gasteiger partial charge on any atom is -0.495 e. The van der Waals surface area contributed by atoms with E-state index in [0.29, 0.717) is 41.7 Å². The minimum atomic E-state index is -0.287. The van der Waals surface area contributed by atoms with Gasteiger partial charge in [0.2, 0.25) is 11.9 Å². The summed E-state index contributed by atoms with van der Waals surface area (Å²) in [7, 11) is 3.85. The maximum absolute atomic E-state index is 12.1. The number of imidazole rings is 1. The average molecular weight is 680 g/mol. The van der Waals surface area contributed by atoms with Crippen LogP contribution in [0.5, 0.6) is 5.75 Å². The Hall–Kier alpha value is -6.20. The van der Waals surface area contributed by atoms with E-state index in [4.69, 9.17) is 19.7 Å². The first-order chi connectivity index (χ1) is 25.0. The van der Waals surface area contributed by atoms with Gasteiger partial charge in [0.25, 0.3) is 0 Å². The number of methoxy groups -OCH3 is 1. The number of piperazine rings is 1. The number of hydrogen-bond donors (Lipinski definition) is 2. The van der Waals surface area contributed by atoms with Crippen LogP contribution in [0.4, 0.5) is 28.8 Å². The first-order valence-corrected chi connectivity index (χ1v) is 17.0. The molecule has 2 aromatic heterocycles. The van der Waals surface area contributed by atoms with E-state index in [1.165, 1.54) is 6.08 Å². The molecule has 0 radical (unpaired) electrons. The fraction of sp³-hybridized carbons (Fsp3) is 0.200. The Bertz CT molecular complexity index is 2090. The van der Waals surface area contributed by atoms with E-state index in [1.54, 1.807) is 13.4 Å². The van der Waals surface area contributed by atoms with Gasteiger partial charge in [-0.25, -0.2) is 4.98 Å². The molecule has 2 N–H and O–H groups in total. The molecule has 4 aromatic carbocycles. The van der Waals surface area contributed by atoms with Gasteiger partial charge in [-0.1, -0.05) is 73.3 Å². The predicted molar refractivity (Wildman–Crippen MR) is 204 cm³/mol. The molecule has 6 aromatic rings. The Morgan fingerprint density at radius 1 is 0.863 bits per heavy atom. The number of benzene rings is 4. The number of carbonyl (C=O) groups excluding carboxylic acids is 1. The number of likely N-dealkylation sites (N-methyl/N-ethyl adjacent to an activating group) is 1. The molecular weight excluding hydrogens is 639 g/mol. The van der Waals surface area contributed by atoms with Crippen molar-refractivity contribution in [3.63, 3.8) is 0 Å². The molecule has 1 saturated heterocycles. The van der Waals surface area contributed by atoms with Crippen molar-refractivity contribution in [2.75, 3.05) is 60.8 Å². The molecule has 0 aliphatic carbocycles. The van der Waals surface area contributed by atoms with Crippen molar-refractivity contribution >= 4 is 45.9 Å². The Morgan fingerprint density at radius 2 is 1.57 bits per heavy atom. The van der Waals surface area contributed by atoms with Crippen LogP contribution in [0.3, 0.4) is 0 Å². The maximum atomic E-state index is 12.1. The monoisotopic (exact) mass is 679 g/mol. The fourth-order valence-electron chi connectivity index (χ4n) is 6.28. The second-order valence-electron chi connectivity index (χ2n) is 12.5. The first-order valence-electron chi connectivity index (χ1n) is 17.0. The third-order valence-electron chi connectivity index (χ3n) is 8.97. The van der Waals surface area contributed by atoms with Crippen LogP contribution in [0, 0.1) is 0 Å². The van der Waals surface area contributed by atoms with E-state index in [2.05, 4.69) is 69.3 Å². The van der Waals surface area contributed by atoms with Crippen LogP contribution < -0.4 is 25.2 Å². The summed E-state index contributed by atoms with van der Waals surface area (Å²) in [4.78, 5) is 34.1. The number of nitrogens with zero attached hydrogens (tertiary/aromatic N) is 7. The van der Waals surface area contributed by atoms with Gasteiger partial charge < -0.3 is 30.1 Å². The summed E-state index contributed by atoms with van der Waals surface area (Å²) in [5.41, 5.74) is 6.82. The highest BCUT2D eigenvalue weighted by molar-refractivity contribution is 5.99. The summed E-state index contributed by atoms with van der Waals surface area (Å²) in [6.45, 7) is 8.65. The molecule has 0 unspecified atom stereocenters. The van der Waals surface area contributed by atoms with Crippen LogP contribution in [0.1, 0.15) is 11.1 Å². The van der Waals surface area contributed by atoms with Crippen molar-refractivity contribution in [1.29, 1.82) is 0 Å². The Morgan fingerprint density at radius 3 is 2.24 bits per heavy atom. The Balaban J connectivity index is 1.32. The van der Waals surface area contributed by atoms with Crippen molar-refractivity contribution in [3.8, 4) is 11.4 Å². The summed E-state index contributed by atoms with van der Waals surface area (Å²) < 4.78 is 7.80. The van der Waals surface area contributed by atoms with E-state index in [0.717, 1.165) is 60.1 Å². The van der Waals surface area contributed by atoms with Gasteiger partial charge in [-0.15, -0.1) is 0 Å². The van der Waals surface area contributed by atoms with Crippen LogP contribution in [-0.2, 0) is 17.9 Å². The van der Waals surface area contributed by atoms with Gasteiger partial charge in [0, 0.05) is 56.7 Å². The lowest BCUT2D eigenvalue weighted by atomic mass is 10.1. The molecule has 0 saturated carbocycles. The van der Waals surface area contributed by atoms with Gasteiger partial charge in [0.05, 0.1) is 18.5 Å². The molecule has 3 heterocycles. The third kappa shape index (κ3) is 7.68. The summed E-state index contributed by atoms with van der Waals surface area (Å²) in [6, 6.07) is 34.4. The molecule has 1 aliphatic rings. The normalized spacial score (nSPS) is 13.2. The third-order valence-corrected chi connectivity index (χ3v) is 8.97. The summed E-state index contributed by atoms with van der Waals surface area (Å²) >= 11 is 0. The second-order valence-corrected chi connectivity index (χ2v) is 12.5. The zero-order valence-electron chi connectivity index (χ0n) is 28.9. The molecule has 11 heteroatoms. The molecule has 1 aliphatic heterocycles. The lowest BCUT2D eigenvalue weighted by Crippen LogP contribution is -2.44. The highest BCUT2D eigenvalue weighted by atomic mass is 16.5. The molecule has 0 spiro atoms. The molecule has 7 rings (SSSR count). The van der Waals surface area contributed by atoms with E-state index in [1.807, 2.05) is 77.4 Å². The van der Waals surface area contributed by atoms with Gasteiger partial charge in [-0.2, -0.15) is 9.97 Å². The van der Waals surface area contributed by atoms with Crippen molar-refractivity contribution in [3.05, 3.63) is 133 Å². The van der Waals surface area contributed by atoms with Crippen molar-refractivity contribution in [2.24, 2.45) is 0 Å². The molecule has 258 valence electrons. The maximum Gasteiger partial charge on any atom is 0.247 e. The minimum absolute atomic E-state index is 0.287. The van der Waals surface area contributed by atoms with Gasteiger partial charge in [-0.3, -0.25) is 9.36 Å². The molecule has 51 heavy (non-hydrogen) atoms. The number of nitrogens with one attached hydrogen (secondary N) is 2. The zero-order valence-corrected chi connectivity index (χ0v) is 28.9. The molecule has 1 amide bonds. The lowest BCUT2D eigenvalue weighted by molar-refractivity contribution is -0.111. The van der Waals surface area contributed by atoms with E-state index in [-0.39, 0.29) is 5.91 Å². The molecule has 0 bridgehead atoms. The number of fused-ring (bicyclic) bond motifs is 1. The topological polar surface area (TPSA) is 104 Å². The van der Waals surface area contributed by atoms with Crippen molar-refractivity contribution < 1.29 is 9.53 Å². The molecule has 0 atom stereocenters. The summed E-state index contributed by atoms with van der Waals surface area (Å²) in [5, 5.41) is 6.33. The van der Waals surface area contributed by atoms with Gasteiger partial charge in [0.15, 0.2) is 17.0 Å². The van der Waals surface area contributed by atoms with Gasteiger partial charge >= 0.3 is 0 Å². The zero-order chi connectivity index (χ0) is 35.2. The van der Waals surface area contributed by atoms with Gasteiger partial charge in [0.1, 0.15) is 12.1 Å². The van der Waals surface area contributed by atoms with Crippen LogP contribution in [-0.4, -0.2) is 70.7 Å². The largest absolute Gasteiger partial charge is 0.495 e. The van der Waals surface area contributed by atoms with E-state index >= 15 is 0 Å². The number of aromatic nitrogens is 4. The number of carbonyl (C=O) groups is 1. The molecule has 1 fully saturated rings. The van der Waals surface area contributed by atoms with Crippen LogP contribution in [0.2, 0.25) is 0 Å². The van der Waals surface area contributed by atoms with E-state index in [9.17, 15) is 4.79 Å². The van der Waals surface area contributed by atoms with Crippen molar-refractivity contribution in [2.45, 2.75) is 13.1 Å². The fourth-order valence-corrected chi connectivity index (χ4v) is 6.28. The highest BCUT2D eigenvalue weighted by Crippen LogP contribution is 2.34. The van der Waals surface area contributed by atoms with Gasteiger partial charge in [-0.05, 0) is 54.6 Å². The number of ether oxygens (including phenoxy) is 1. The van der Waals surface area contributed by atoms with Crippen LogP contribution in [0.15, 0.2) is 122 Å². The Kier molecular flexibility index (Phi) is 9.89. The smallest absolute Gasteiger partial charge is 0.247 e. The number of rotatable bonds is 12. The average Bonchev–Trinajstić information content (AvgIpc) is 3.59.